The first kappa shape index (κ1) is 30.5. The number of hydrogen-bond donors (Lipinski definition) is 0. The highest BCUT2D eigenvalue weighted by atomic mass is 16.3. The smallest absolute Gasteiger partial charge is 0.136 e. The minimum absolute atomic E-state index is 0.878. The number of fused-ring (bicyclic) bond motifs is 8. The maximum Gasteiger partial charge on any atom is 0.136 e. The van der Waals surface area contributed by atoms with Gasteiger partial charge in [0.05, 0.1) is 5.69 Å². The van der Waals surface area contributed by atoms with Crippen molar-refractivity contribution in [3.05, 3.63) is 200 Å². The first-order chi connectivity index (χ1) is 26.7. The third-order valence-electron chi connectivity index (χ3n) is 11.0. The zero-order chi connectivity index (χ0) is 35.6. The number of para-hydroxylation sites is 1. The van der Waals surface area contributed by atoms with Crippen molar-refractivity contribution in [3.8, 4) is 22.3 Å². The van der Waals surface area contributed by atoms with Crippen LogP contribution in [0.4, 0.5) is 17.1 Å². The Kier molecular flexibility index (Phi) is 6.90. The summed E-state index contributed by atoms with van der Waals surface area (Å²) in [6.45, 7) is 0. The topological polar surface area (TPSA) is 16.4 Å². The molecule has 2 heteroatoms. The first-order valence-corrected chi connectivity index (χ1v) is 18.5. The van der Waals surface area contributed by atoms with Gasteiger partial charge < -0.3 is 9.32 Å². The van der Waals surface area contributed by atoms with E-state index in [0.29, 0.717) is 0 Å². The van der Waals surface area contributed by atoms with Gasteiger partial charge in [-0.05, 0) is 120 Å². The predicted octanol–water partition coefficient (Wildman–Crippen LogP) is 15.0. The molecule has 0 aliphatic rings. The summed E-state index contributed by atoms with van der Waals surface area (Å²) >= 11 is 0. The average Bonchev–Trinajstić information content (AvgIpc) is 3.59. The lowest BCUT2D eigenvalue weighted by Gasteiger charge is -2.28. The molecular weight excluding hydrogens is 655 g/mol. The molecule has 0 atom stereocenters. The van der Waals surface area contributed by atoms with Gasteiger partial charge >= 0.3 is 0 Å². The summed E-state index contributed by atoms with van der Waals surface area (Å²) < 4.78 is 6.48. The van der Waals surface area contributed by atoms with Crippen LogP contribution < -0.4 is 4.90 Å². The molecule has 0 fully saturated rings. The van der Waals surface area contributed by atoms with Crippen molar-refractivity contribution < 1.29 is 4.42 Å². The van der Waals surface area contributed by atoms with E-state index >= 15 is 0 Å². The molecule has 54 heavy (non-hydrogen) atoms. The molecular formula is C52H33NO. The molecule has 0 spiro atoms. The van der Waals surface area contributed by atoms with Crippen LogP contribution in [0.2, 0.25) is 0 Å². The molecule has 0 N–H and O–H groups in total. The second-order valence-corrected chi connectivity index (χ2v) is 14.1. The Labute approximate surface area is 312 Å². The van der Waals surface area contributed by atoms with E-state index in [1.54, 1.807) is 0 Å². The summed E-state index contributed by atoms with van der Waals surface area (Å²) in [7, 11) is 0. The highest BCUT2D eigenvalue weighted by Gasteiger charge is 2.20. The fourth-order valence-corrected chi connectivity index (χ4v) is 8.39. The highest BCUT2D eigenvalue weighted by Crippen LogP contribution is 2.45. The molecule has 0 unspecified atom stereocenters. The molecule has 0 aliphatic heterocycles. The second-order valence-electron chi connectivity index (χ2n) is 14.1. The summed E-state index contributed by atoms with van der Waals surface area (Å²) in [5.74, 6) is 0. The Morgan fingerprint density at radius 3 is 1.78 bits per heavy atom. The van der Waals surface area contributed by atoms with Crippen LogP contribution in [-0.4, -0.2) is 0 Å². The van der Waals surface area contributed by atoms with Gasteiger partial charge in [0.1, 0.15) is 11.2 Å². The molecule has 11 aromatic rings. The standard InChI is InChI=1S/C52H33NO/c1-2-13-35-28-40(25-24-34(35)12-1)44-20-9-10-23-50(44)53(42-26-27-51-49(33-42)48-30-36-14-3-4-15-37(36)32-52(48)54-51)41-18-11-17-38(29-41)47-31-39-16-5-6-19-43(39)45-21-7-8-22-46(45)47/h1-33H. The van der Waals surface area contributed by atoms with Crippen LogP contribution in [0.3, 0.4) is 0 Å². The molecule has 0 aliphatic carbocycles. The zero-order valence-electron chi connectivity index (χ0n) is 29.4. The van der Waals surface area contributed by atoms with Gasteiger partial charge in [-0.1, -0.05) is 140 Å². The maximum atomic E-state index is 6.48. The molecule has 11 rings (SSSR count). The number of rotatable bonds is 5. The van der Waals surface area contributed by atoms with Crippen LogP contribution >= 0.6 is 0 Å². The second kappa shape index (κ2) is 12.2. The molecule has 252 valence electrons. The van der Waals surface area contributed by atoms with E-state index in [0.717, 1.165) is 44.6 Å². The van der Waals surface area contributed by atoms with E-state index in [2.05, 4.69) is 205 Å². The molecule has 0 saturated carbocycles. The van der Waals surface area contributed by atoms with Gasteiger partial charge in [0.25, 0.3) is 0 Å². The van der Waals surface area contributed by atoms with E-state index < -0.39 is 0 Å². The minimum Gasteiger partial charge on any atom is -0.456 e. The van der Waals surface area contributed by atoms with Crippen LogP contribution in [0.1, 0.15) is 0 Å². The van der Waals surface area contributed by atoms with Crippen molar-refractivity contribution in [1.29, 1.82) is 0 Å². The van der Waals surface area contributed by atoms with Crippen molar-refractivity contribution in [2.24, 2.45) is 0 Å². The lowest BCUT2D eigenvalue weighted by molar-refractivity contribution is 0.669. The normalized spacial score (nSPS) is 11.7. The summed E-state index contributed by atoms with van der Waals surface area (Å²) in [6, 6.07) is 72.5. The maximum absolute atomic E-state index is 6.48. The zero-order valence-corrected chi connectivity index (χ0v) is 29.4. The van der Waals surface area contributed by atoms with Crippen molar-refractivity contribution in [2.45, 2.75) is 0 Å². The van der Waals surface area contributed by atoms with Gasteiger partial charge in [0.15, 0.2) is 0 Å². The van der Waals surface area contributed by atoms with Crippen LogP contribution in [0.5, 0.6) is 0 Å². The van der Waals surface area contributed by atoms with Gasteiger partial charge in [-0.3, -0.25) is 0 Å². The largest absolute Gasteiger partial charge is 0.456 e. The Morgan fingerprint density at radius 2 is 0.926 bits per heavy atom. The summed E-state index contributed by atoms with van der Waals surface area (Å²) in [6.07, 6.45) is 0. The minimum atomic E-state index is 0.878. The SMILES string of the molecule is c1cc(-c2cc3ccccc3c3ccccc23)cc(N(c2ccc3oc4cc5ccccc5cc4c3c2)c2ccccc2-c2ccc3ccccc3c2)c1. The molecule has 1 aromatic heterocycles. The highest BCUT2D eigenvalue weighted by molar-refractivity contribution is 6.14. The number of furan rings is 1. The quantitative estimate of drug-likeness (QED) is 0.168. The van der Waals surface area contributed by atoms with Crippen molar-refractivity contribution in [1.82, 2.24) is 0 Å². The molecule has 10 aromatic carbocycles. The van der Waals surface area contributed by atoms with Gasteiger partial charge in [-0.15, -0.1) is 0 Å². The van der Waals surface area contributed by atoms with Gasteiger partial charge in [-0.25, -0.2) is 0 Å². The third kappa shape index (κ3) is 4.96. The van der Waals surface area contributed by atoms with Crippen LogP contribution in [0.25, 0.3) is 87.3 Å². The van der Waals surface area contributed by atoms with Crippen LogP contribution in [-0.2, 0) is 0 Å². The monoisotopic (exact) mass is 687 g/mol. The number of anilines is 3. The lowest BCUT2D eigenvalue weighted by Crippen LogP contribution is -2.11. The van der Waals surface area contributed by atoms with Crippen molar-refractivity contribution in [3.63, 3.8) is 0 Å². The first-order valence-electron chi connectivity index (χ1n) is 18.5. The lowest BCUT2D eigenvalue weighted by atomic mass is 9.93. The van der Waals surface area contributed by atoms with Crippen LogP contribution in [0, 0.1) is 0 Å². The van der Waals surface area contributed by atoms with Crippen molar-refractivity contribution in [2.75, 3.05) is 4.90 Å². The third-order valence-corrected chi connectivity index (χ3v) is 11.0. The molecule has 0 bridgehead atoms. The fourth-order valence-electron chi connectivity index (χ4n) is 8.39. The van der Waals surface area contributed by atoms with E-state index in [1.807, 2.05) is 0 Å². The van der Waals surface area contributed by atoms with Crippen molar-refractivity contribution >= 4 is 82.1 Å². The molecule has 2 nitrogen and oxygen atoms in total. The van der Waals surface area contributed by atoms with E-state index in [4.69, 9.17) is 4.42 Å². The Bertz CT molecular complexity index is 3240. The average molecular weight is 688 g/mol. The number of hydrogen-bond acceptors (Lipinski definition) is 2. The van der Waals surface area contributed by atoms with Gasteiger partial charge in [0, 0.05) is 27.7 Å². The van der Waals surface area contributed by atoms with Gasteiger partial charge in [-0.2, -0.15) is 0 Å². The Balaban J connectivity index is 1.15. The Morgan fingerprint density at radius 1 is 0.296 bits per heavy atom. The van der Waals surface area contributed by atoms with E-state index in [1.165, 1.54) is 59.8 Å². The predicted molar refractivity (Wildman–Crippen MR) is 229 cm³/mol. The van der Waals surface area contributed by atoms with E-state index in [-0.39, 0.29) is 0 Å². The molecule has 0 radical (unpaired) electrons. The molecule has 1 heterocycles. The summed E-state index contributed by atoms with van der Waals surface area (Å²) in [5.41, 5.74) is 9.74. The fraction of sp³-hybridized carbons (Fsp3) is 0. The van der Waals surface area contributed by atoms with E-state index in [9.17, 15) is 0 Å². The Hall–Kier alpha value is -7.16. The molecule has 0 amide bonds. The van der Waals surface area contributed by atoms with Crippen LogP contribution in [0.15, 0.2) is 205 Å². The summed E-state index contributed by atoms with van der Waals surface area (Å²) in [5, 5.41) is 12.1. The number of nitrogens with zero attached hydrogens (tertiary/aromatic N) is 1. The summed E-state index contributed by atoms with van der Waals surface area (Å²) in [4.78, 5) is 2.41. The molecule has 0 saturated heterocycles. The van der Waals surface area contributed by atoms with Gasteiger partial charge in [0.2, 0.25) is 0 Å². The number of benzene rings is 10.